The van der Waals surface area contributed by atoms with Crippen molar-refractivity contribution in [2.75, 3.05) is 13.1 Å². The molecule has 1 atom stereocenters. The van der Waals surface area contributed by atoms with E-state index in [4.69, 9.17) is 16.7 Å². The van der Waals surface area contributed by atoms with Gasteiger partial charge in [-0.3, -0.25) is 9.59 Å². The third-order valence-corrected chi connectivity index (χ3v) is 5.46. The lowest BCUT2D eigenvalue weighted by Crippen LogP contribution is -2.40. The van der Waals surface area contributed by atoms with Gasteiger partial charge in [0.15, 0.2) is 0 Å². The summed E-state index contributed by atoms with van der Waals surface area (Å²) in [6.07, 6.45) is 2.31. The van der Waals surface area contributed by atoms with E-state index in [0.29, 0.717) is 23.7 Å². The van der Waals surface area contributed by atoms with Crippen molar-refractivity contribution < 1.29 is 14.7 Å². The second kappa shape index (κ2) is 5.02. The van der Waals surface area contributed by atoms with Crippen LogP contribution < -0.4 is 0 Å². The Bertz CT molecular complexity index is 606. The monoisotopic (exact) mass is 307 g/mol. The third kappa shape index (κ3) is 2.42. The molecule has 0 bridgehead atoms. The van der Waals surface area contributed by atoms with Gasteiger partial charge in [0.05, 0.1) is 16.5 Å². The molecule has 2 fully saturated rings. The molecule has 1 aliphatic carbocycles. The van der Waals surface area contributed by atoms with Crippen LogP contribution in [0.2, 0.25) is 5.02 Å². The molecule has 5 heteroatoms. The van der Waals surface area contributed by atoms with E-state index < -0.39 is 5.97 Å². The largest absolute Gasteiger partial charge is 0.481 e. The zero-order valence-electron chi connectivity index (χ0n) is 11.9. The number of hydrogen-bond donors (Lipinski definition) is 1. The first-order valence-electron chi connectivity index (χ1n) is 7.22. The molecule has 4 nitrogen and oxygen atoms in total. The molecule has 1 N–H and O–H groups in total. The first kappa shape index (κ1) is 14.4. The first-order valence-corrected chi connectivity index (χ1v) is 7.60. The number of carbonyl (C=O) groups is 2. The van der Waals surface area contributed by atoms with E-state index >= 15 is 0 Å². The van der Waals surface area contributed by atoms with Gasteiger partial charge in [0.2, 0.25) is 0 Å². The van der Waals surface area contributed by atoms with E-state index in [1.807, 2.05) is 19.1 Å². The van der Waals surface area contributed by atoms with Crippen LogP contribution in [0.25, 0.3) is 0 Å². The Morgan fingerprint density at radius 2 is 2.00 bits per heavy atom. The topological polar surface area (TPSA) is 57.6 Å². The van der Waals surface area contributed by atoms with Crippen LogP contribution in [0.5, 0.6) is 0 Å². The van der Waals surface area contributed by atoms with Crippen LogP contribution in [0, 0.1) is 18.3 Å². The fourth-order valence-electron chi connectivity index (χ4n) is 3.39. The van der Waals surface area contributed by atoms with Gasteiger partial charge in [0, 0.05) is 13.1 Å². The van der Waals surface area contributed by atoms with Crippen molar-refractivity contribution >= 4 is 23.5 Å². The normalized spacial score (nSPS) is 23.1. The van der Waals surface area contributed by atoms with E-state index in [2.05, 4.69) is 0 Å². The zero-order chi connectivity index (χ0) is 15.2. The summed E-state index contributed by atoms with van der Waals surface area (Å²) in [7, 11) is 0. The molecule has 2 aliphatic rings. The van der Waals surface area contributed by atoms with E-state index in [0.717, 1.165) is 24.8 Å². The highest BCUT2D eigenvalue weighted by atomic mass is 35.5. The molecule has 1 aromatic carbocycles. The van der Waals surface area contributed by atoms with E-state index in [1.165, 1.54) is 0 Å². The highest BCUT2D eigenvalue weighted by Gasteiger charge is 2.59. The van der Waals surface area contributed by atoms with Crippen LogP contribution in [0.1, 0.15) is 35.2 Å². The van der Waals surface area contributed by atoms with Gasteiger partial charge in [-0.2, -0.15) is 0 Å². The number of aryl methyl sites for hydroxylation is 1. The predicted octanol–water partition coefficient (Wildman–Crippen LogP) is 2.98. The van der Waals surface area contributed by atoms with Crippen molar-refractivity contribution in [1.29, 1.82) is 0 Å². The molecule has 1 saturated heterocycles. The van der Waals surface area contributed by atoms with Crippen LogP contribution >= 0.6 is 11.6 Å². The van der Waals surface area contributed by atoms with Crippen molar-refractivity contribution in [2.24, 2.45) is 11.3 Å². The van der Waals surface area contributed by atoms with Gasteiger partial charge >= 0.3 is 5.97 Å². The summed E-state index contributed by atoms with van der Waals surface area (Å²) in [5.74, 6) is -0.958. The quantitative estimate of drug-likeness (QED) is 0.914. The van der Waals surface area contributed by atoms with Gasteiger partial charge in [-0.25, -0.2) is 0 Å². The minimum absolute atomic E-state index is 0.0499. The number of likely N-dealkylation sites (tertiary alicyclic amines) is 1. The number of benzene rings is 1. The highest BCUT2D eigenvalue weighted by Crippen LogP contribution is 2.59. The highest BCUT2D eigenvalue weighted by molar-refractivity contribution is 6.34. The van der Waals surface area contributed by atoms with Crippen LogP contribution in [0.3, 0.4) is 0 Å². The molecule has 1 spiro atoms. The predicted molar refractivity (Wildman–Crippen MR) is 79.5 cm³/mol. The maximum Gasteiger partial charge on any atom is 0.307 e. The molecule has 1 amide bonds. The number of carbonyl (C=O) groups excluding carboxylic acids is 1. The van der Waals surface area contributed by atoms with Gasteiger partial charge in [0.25, 0.3) is 5.91 Å². The zero-order valence-corrected chi connectivity index (χ0v) is 12.7. The lowest BCUT2D eigenvalue weighted by atomic mass is 9.90. The lowest BCUT2D eigenvalue weighted by molar-refractivity contribution is -0.139. The van der Waals surface area contributed by atoms with Crippen molar-refractivity contribution in [2.45, 2.75) is 26.2 Å². The molecule has 1 heterocycles. The minimum atomic E-state index is -0.698. The number of carboxylic acid groups (broad SMARTS) is 1. The van der Waals surface area contributed by atoms with Crippen LogP contribution in [-0.4, -0.2) is 35.0 Å². The number of halogens is 1. The lowest BCUT2D eigenvalue weighted by Gasteiger charge is -2.33. The second-order valence-corrected chi connectivity index (χ2v) is 6.56. The summed E-state index contributed by atoms with van der Waals surface area (Å²) < 4.78 is 0. The second-order valence-electron chi connectivity index (χ2n) is 6.19. The smallest absolute Gasteiger partial charge is 0.307 e. The van der Waals surface area contributed by atoms with Gasteiger partial charge in [0.1, 0.15) is 0 Å². The van der Waals surface area contributed by atoms with E-state index in [9.17, 15) is 9.59 Å². The molecule has 1 saturated carbocycles. The maximum atomic E-state index is 12.5. The van der Waals surface area contributed by atoms with Crippen LogP contribution in [0.4, 0.5) is 0 Å². The van der Waals surface area contributed by atoms with Gasteiger partial charge in [-0.05, 0) is 43.2 Å². The van der Waals surface area contributed by atoms with Crippen molar-refractivity contribution in [3.8, 4) is 0 Å². The van der Waals surface area contributed by atoms with Gasteiger partial charge < -0.3 is 10.0 Å². The molecule has 1 aliphatic heterocycles. The summed E-state index contributed by atoms with van der Waals surface area (Å²) in [5.41, 5.74) is 1.38. The number of piperidine rings is 1. The first-order chi connectivity index (χ1) is 9.94. The fraction of sp³-hybridized carbons (Fsp3) is 0.500. The minimum Gasteiger partial charge on any atom is -0.481 e. The number of nitrogens with zero attached hydrogens (tertiary/aromatic N) is 1. The molecule has 1 aromatic rings. The Balaban J connectivity index is 1.69. The average Bonchev–Trinajstić information content (AvgIpc) is 3.16. The fourth-order valence-corrected chi connectivity index (χ4v) is 3.59. The summed E-state index contributed by atoms with van der Waals surface area (Å²) in [6, 6.07) is 5.46. The number of amides is 1. The van der Waals surface area contributed by atoms with Gasteiger partial charge in [-0.15, -0.1) is 0 Å². The molecular formula is C16H18ClNO3. The van der Waals surface area contributed by atoms with Crippen LogP contribution in [0.15, 0.2) is 18.2 Å². The summed E-state index contributed by atoms with van der Waals surface area (Å²) >= 11 is 6.22. The van der Waals surface area contributed by atoms with Gasteiger partial charge in [-0.1, -0.05) is 23.7 Å². The number of rotatable bonds is 2. The SMILES string of the molecule is Cc1cccc(C(=O)N2CCC3(CC2)CC3C(=O)O)c1Cl. The third-order valence-electron chi connectivity index (χ3n) is 4.96. The molecular weight excluding hydrogens is 290 g/mol. The average molecular weight is 308 g/mol. The maximum absolute atomic E-state index is 12.5. The number of hydrogen-bond acceptors (Lipinski definition) is 2. The van der Waals surface area contributed by atoms with Crippen molar-refractivity contribution in [1.82, 2.24) is 4.90 Å². The molecule has 3 rings (SSSR count). The molecule has 0 radical (unpaired) electrons. The Morgan fingerprint density at radius 3 is 2.57 bits per heavy atom. The molecule has 21 heavy (non-hydrogen) atoms. The Kier molecular flexibility index (Phi) is 3.44. The molecule has 1 unspecified atom stereocenters. The summed E-state index contributed by atoms with van der Waals surface area (Å²) in [5, 5.41) is 9.60. The standard InChI is InChI=1S/C16H18ClNO3/c1-10-3-2-4-11(13(10)17)14(19)18-7-5-16(6-8-18)9-12(16)15(20)21/h2-4,12H,5-9H2,1H3,(H,20,21). The molecule has 112 valence electrons. The molecule has 0 aromatic heterocycles. The Labute approximate surface area is 128 Å². The Morgan fingerprint density at radius 1 is 1.33 bits per heavy atom. The number of aliphatic carboxylic acids is 1. The number of carboxylic acids is 1. The summed E-state index contributed by atoms with van der Waals surface area (Å²) in [6.45, 7) is 3.12. The van der Waals surface area contributed by atoms with Crippen LogP contribution in [-0.2, 0) is 4.79 Å². The Hall–Kier alpha value is -1.55. The van der Waals surface area contributed by atoms with E-state index in [1.54, 1.807) is 11.0 Å². The van der Waals surface area contributed by atoms with E-state index in [-0.39, 0.29) is 17.2 Å². The van der Waals surface area contributed by atoms with Crippen molar-refractivity contribution in [3.05, 3.63) is 34.3 Å². The van der Waals surface area contributed by atoms with Crippen molar-refractivity contribution in [3.63, 3.8) is 0 Å². The summed E-state index contributed by atoms with van der Waals surface area (Å²) in [4.78, 5) is 25.4.